The van der Waals surface area contributed by atoms with E-state index in [1.807, 2.05) is 50.2 Å². The molecule has 2 amide bonds. The molecule has 0 heterocycles. The first-order chi connectivity index (χ1) is 16.3. The fourth-order valence-electron chi connectivity index (χ4n) is 3.14. The average Bonchev–Trinajstić information content (AvgIpc) is 2.79. The molecular formula is C26H21Br2N3O3. The molecule has 0 fully saturated rings. The molecule has 3 rings (SSSR count). The van der Waals surface area contributed by atoms with Crippen molar-refractivity contribution < 1.29 is 14.3 Å². The summed E-state index contributed by atoms with van der Waals surface area (Å²) in [5, 5.41) is 15.2. The number of rotatable bonds is 7. The third kappa shape index (κ3) is 6.80. The number of nitriles is 1. The van der Waals surface area contributed by atoms with Gasteiger partial charge in [0.25, 0.3) is 11.8 Å². The van der Waals surface area contributed by atoms with E-state index >= 15 is 0 Å². The SMILES string of the molecule is Cc1ccc(NC(=O)/C(C#N)=C/c2cc(Br)cc(Br)c2OCC(=O)Nc2ccccc2)c(C)c1. The van der Waals surface area contributed by atoms with Crippen molar-refractivity contribution in [3.05, 3.63) is 91.9 Å². The molecule has 0 atom stereocenters. The average molecular weight is 583 g/mol. The van der Waals surface area contributed by atoms with Crippen LogP contribution in [-0.2, 0) is 9.59 Å². The van der Waals surface area contributed by atoms with Gasteiger partial charge in [-0.3, -0.25) is 9.59 Å². The van der Waals surface area contributed by atoms with Crippen molar-refractivity contribution in [1.29, 1.82) is 5.26 Å². The molecule has 34 heavy (non-hydrogen) atoms. The minimum Gasteiger partial charge on any atom is -0.482 e. The van der Waals surface area contributed by atoms with Crippen LogP contribution >= 0.6 is 31.9 Å². The van der Waals surface area contributed by atoms with Crippen molar-refractivity contribution >= 4 is 61.1 Å². The number of carbonyl (C=O) groups excluding carboxylic acids is 2. The van der Waals surface area contributed by atoms with Crippen molar-refractivity contribution in [3.63, 3.8) is 0 Å². The number of para-hydroxylation sites is 1. The zero-order valence-electron chi connectivity index (χ0n) is 18.5. The number of ether oxygens (including phenoxy) is 1. The Bertz CT molecular complexity index is 1300. The number of aryl methyl sites for hydroxylation is 2. The lowest BCUT2D eigenvalue weighted by atomic mass is 10.1. The predicted octanol–water partition coefficient (Wildman–Crippen LogP) is 6.39. The number of amides is 2. The van der Waals surface area contributed by atoms with Crippen LogP contribution in [0.4, 0.5) is 11.4 Å². The number of carbonyl (C=O) groups is 2. The summed E-state index contributed by atoms with van der Waals surface area (Å²) < 4.78 is 7.04. The number of hydrogen-bond donors (Lipinski definition) is 2. The first-order valence-corrected chi connectivity index (χ1v) is 11.8. The van der Waals surface area contributed by atoms with E-state index in [1.54, 1.807) is 30.3 Å². The Morgan fingerprint density at radius 1 is 1.03 bits per heavy atom. The summed E-state index contributed by atoms with van der Waals surface area (Å²) >= 11 is 6.85. The van der Waals surface area contributed by atoms with Gasteiger partial charge in [-0.1, -0.05) is 51.8 Å². The monoisotopic (exact) mass is 581 g/mol. The van der Waals surface area contributed by atoms with E-state index in [0.29, 0.717) is 31.6 Å². The fraction of sp³-hybridized carbons (Fsp3) is 0.115. The second-order valence-corrected chi connectivity index (χ2v) is 9.22. The van der Waals surface area contributed by atoms with Crippen molar-refractivity contribution in [3.8, 4) is 11.8 Å². The smallest absolute Gasteiger partial charge is 0.266 e. The molecule has 2 N–H and O–H groups in total. The van der Waals surface area contributed by atoms with Gasteiger partial charge in [0.1, 0.15) is 17.4 Å². The van der Waals surface area contributed by atoms with Gasteiger partial charge in [-0.05, 0) is 71.7 Å². The topological polar surface area (TPSA) is 91.2 Å². The lowest BCUT2D eigenvalue weighted by molar-refractivity contribution is -0.118. The molecule has 6 nitrogen and oxygen atoms in total. The zero-order valence-corrected chi connectivity index (χ0v) is 21.7. The van der Waals surface area contributed by atoms with Crippen LogP contribution < -0.4 is 15.4 Å². The maximum absolute atomic E-state index is 12.8. The molecule has 3 aromatic rings. The number of nitrogens with zero attached hydrogens (tertiary/aromatic N) is 1. The minimum absolute atomic E-state index is 0.108. The highest BCUT2D eigenvalue weighted by atomic mass is 79.9. The van der Waals surface area contributed by atoms with E-state index in [1.165, 1.54) is 6.08 Å². The van der Waals surface area contributed by atoms with Crippen LogP contribution in [0.15, 0.2) is 75.2 Å². The highest BCUT2D eigenvalue weighted by Crippen LogP contribution is 2.34. The van der Waals surface area contributed by atoms with Gasteiger partial charge in [0.05, 0.1) is 4.47 Å². The summed E-state index contributed by atoms with van der Waals surface area (Å²) in [6.07, 6.45) is 1.43. The lowest BCUT2D eigenvalue weighted by Gasteiger charge is -2.13. The Labute approximate surface area is 214 Å². The van der Waals surface area contributed by atoms with Gasteiger partial charge in [0, 0.05) is 21.4 Å². The summed E-state index contributed by atoms with van der Waals surface area (Å²) in [7, 11) is 0. The molecule has 0 spiro atoms. The molecule has 0 saturated carbocycles. The molecule has 0 aliphatic carbocycles. The van der Waals surface area contributed by atoms with E-state index in [4.69, 9.17) is 4.74 Å². The van der Waals surface area contributed by atoms with E-state index in [9.17, 15) is 14.9 Å². The van der Waals surface area contributed by atoms with Gasteiger partial charge < -0.3 is 15.4 Å². The predicted molar refractivity (Wildman–Crippen MR) is 141 cm³/mol. The zero-order chi connectivity index (χ0) is 24.7. The number of benzene rings is 3. The summed E-state index contributed by atoms with van der Waals surface area (Å²) in [5.74, 6) is -0.555. The molecule has 0 radical (unpaired) electrons. The molecular weight excluding hydrogens is 562 g/mol. The first-order valence-electron chi connectivity index (χ1n) is 10.2. The van der Waals surface area contributed by atoms with E-state index in [2.05, 4.69) is 42.5 Å². The van der Waals surface area contributed by atoms with Gasteiger partial charge in [0.2, 0.25) is 0 Å². The maximum Gasteiger partial charge on any atom is 0.266 e. The van der Waals surface area contributed by atoms with Crippen molar-refractivity contribution in [2.24, 2.45) is 0 Å². The normalized spacial score (nSPS) is 10.9. The van der Waals surface area contributed by atoms with Crippen LogP contribution in [0.3, 0.4) is 0 Å². The summed E-state index contributed by atoms with van der Waals surface area (Å²) in [6.45, 7) is 3.59. The minimum atomic E-state index is -0.543. The molecule has 8 heteroatoms. The summed E-state index contributed by atoms with van der Waals surface area (Å²) in [6, 6.07) is 20.1. The molecule has 0 saturated heterocycles. The van der Waals surface area contributed by atoms with Crippen LogP contribution in [-0.4, -0.2) is 18.4 Å². The van der Waals surface area contributed by atoms with Crippen LogP contribution in [0.5, 0.6) is 5.75 Å². The Balaban J connectivity index is 1.82. The molecule has 0 aliphatic rings. The maximum atomic E-state index is 12.8. The van der Waals surface area contributed by atoms with Crippen molar-refractivity contribution in [2.75, 3.05) is 17.2 Å². The Morgan fingerprint density at radius 2 is 1.76 bits per heavy atom. The van der Waals surface area contributed by atoms with Gasteiger partial charge in [-0.25, -0.2) is 0 Å². The molecule has 0 aromatic heterocycles. The second-order valence-electron chi connectivity index (χ2n) is 7.45. The quantitative estimate of drug-likeness (QED) is 0.249. The van der Waals surface area contributed by atoms with Crippen LogP contribution in [0.1, 0.15) is 16.7 Å². The van der Waals surface area contributed by atoms with Crippen molar-refractivity contribution in [2.45, 2.75) is 13.8 Å². The lowest BCUT2D eigenvalue weighted by Crippen LogP contribution is -2.20. The molecule has 172 valence electrons. The van der Waals surface area contributed by atoms with Crippen LogP contribution in [0.25, 0.3) is 6.08 Å². The third-order valence-electron chi connectivity index (χ3n) is 4.74. The molecule has 0 unspecified atom stereocenters. The molecule has 0 aliphatic heterocycles. The van der Waals surface area contributed by atoms with Crippen molar-refractivity contribution in [1.82, 2.24) is 0 Å². The largest absolute Gasteiger partial charge is 0.482 e. The molecule has 3 aromatic carbocycles. The third-order valence-corrected chi connectivity index (χ3v) is 5.78. The van der Waals surface area contributed by atoms with E-state index in [0.717, 1.165) is 11.1 Å². The number of halogens is 2. The van der Waals surface area contributed by atoms with Gasteiger partial charge in [0.15, 0.2) is 6.61 Å². The number of nitrogens with one attached hydrogen (secondary N) is 2. The molecule has 0 bridgehead atoms. The Morgan fingerprint density at radius 3 is 2.44 bits per heavy atom. The Hall–Kier alpha value is -3.41. The standard InChI is InChI=1S/C26H21Br2N3O3/c1-16-8-9-23(17(2)10-16)31-26(33)19(14-29)11-18-12-20(27)13-22(28)25(18)34-15-24(32)30-21-6-4-3-5-7-21/h3-13H,15H2,1-2H3,(H,30,32)(H,31,33)/b19-11+. The number of anilines is 2. The second kappa shape index (κ2) is 11.6. The van der Waals surface area contributed by atoms with Crippen LogP contribution in [0.2, 0.25) is 0 Å². The van der Waals surface area contributed by atoms with Gasteiger partial charge in [-0.2, -0.15) is 5.26 Å². The van der Waals surface area contributed by atoms with Gasteiger partial charge in [-0.15, -0.1) is 0 Å². The summed E-state index contributed by atoms with van der Waals surface area (Å²) in [5.41, 5.74) is 3.60. The van der Waals surface area contributed by atoms with E-state index < -0.39 is 5.91 Å². The number of hydrogen-bond acceptors (Lipinski definition) is 4. The highest BCUT2D eigenvalue weighted by Gasteiger charge is 2.16. The first kappa shape index (κ1) is 25.2. The summed E-state index contributed by atoms with van der Waals surface area (Å²) in [4.78, 5) is 25.1. The van der Waals surface area contributed by atoms with E-state index in [-0.39, 0.29) is 18.1 Å². The van der Waals surface area contributed by atoms with Crippen LogP contribution in [0, 0.1) is 25.2 Å². The Kier molecular flexibility index (Phi) is 8.63. The van der Waals surface area contributed by atoms with Gasteiger partial charge >= 0.3 is 0 Å². The highest BCUT2D eigenvalue weighted by molar-refractivity contribution is 9.11. The fourth-order valence-corrected chi connectivity index (χ4v) is 4.52.